The fourth-order valence-electron chi connectivity index (χ4n) is 4.20. The minimum absolute atomic E-state index is 0. The van der Waals surface area contributed by atoms with Crippen molar-refractivity contribution in [3.63, 3.8) is 0 Å². The molecule has 0 saturated carbocycles. The molecule has 3 heterocycles. The van der Waals surface area contributed by atoms with Gasteiger partial charge in [-0.1, -0.05) is 18.2 Å². The van der Waals surface area contributed by atoms with E-state index in [2.05, 4.69) is 30.9 Å². The van der Waals surface area contributed by atoms with Crippen LogP contribution < -0.4 is 4.90 Å². The Balaban J connectivity index is 0.00000259. The van der Waals surface area contributed by atoms with Crippen LogP contribution in [0.5, 0.6) is 0 Å². The fourth-order valence-corrected chi connectivity index (χ4v) is 5.14. The Morgan fingerprint density at radius 3 is 2.48 bits per heavy atom. The second-order valence-electron chi connectivity index (χ2n) is 7.99. The van der Waals surface area contributed by atoms with Gasteiger partial charge in [-0.05, 0) is 35.9 Å². The molecule has 0 atom stereocenters. The van der Waals surface area contributed by atoms with Crippen LogP contribution in [0.4, 0.5) is 5.82 Å². The van der Waals surface area contributed by atoms with Gasteiger partial charge in [0.2, 0.25) is 0 Å². The molecule has 0 N–H and O–H groups in total. The van der Waals surface area contributed by atoms with E-state index in [1.54, 1.807) is 24.7 Å². The van der Waals surface area contributed by atoms with Crippen LogP contribution in [0.1, 0.15) is 5.56 Å². The quantitative estimate of drug-likeness (QED) is 0.430. The summed E-state index contributed by atoms with van der Waals surface area (Å²) in [6.07, 6.45) is 6.55. The molecule has 4 aromatic rings. The second kappa shape index (κ2) is 9.46. The molecule has 10 heteroatoms. The van der Waals surface area contributed by atoms with Crippen LogP contribution in [0.25, 0.3) is 16.6 Å². The highest BCUT2D eigenvalue weighted by Crippen LogP contribution is 2.27. The number of fused-ring (bicyclic) bond motifs is 1. The van der Waals surface area contributed by atoms with Crippen molar-refractivity contribution in [2.24, 2.45) is 0 Å². The normalized spacial score (nSPS) is 14.9. The molecule has 33 heavy (non-hydrogen) atoms. The van der Waals surface area contributed by atoms with Gasteiger partial charge < -0.3 is 4.90 Å². The molecule has 172 valence electrons. The van der Waals surface area contributed by atoms with E-state index in [1.807, 2.05) is 41.2 Å². The molecule has 5 rings (SSSR count). The lowest BCUT2D eigenvalue weighted by Crippen LogP contribution is -2.46. The topological polar surface area (TPSA) is 84.2 Å². The summed E-state index contributed by atoms with van der Waals surface area (Å²) in [7, 11) is -3.25. The van der Waals surface area contributed by atoms with Gasteiger partial charge in [-0.3, -0.25) is 4.90 Å². The monoisotopic (exact) mass is 484 g/mol. The van der Waals surface area contributed by atoms with Crippen LogP contribution in [0, 0.1) is 0 Å². The van der Waals surface area contributed by atoms with Crippen LogP contribution >= 0.6 is 12.4 Å². The van der Waals surface area contributed by atoms with Gasteiger partial charge in [0.25, 0.3) is 0 Å². The number of sulfone groups is 1. The maximum atomic E-state index is 12.1. The molecular formula is C23H25ClN6O2S. The molecule has 1 aliphatic heterocycles. The largest absolute Gasteiger partial charge is 0.353 e. The zero-order chi connectivity index (χ0) is 22.1. The standard InChI is InChI=1S/C23H24N6O2S.ClH/c1-32(30,31)22-6-3-2-5-18(22)16-27-11-13-28(14-12-27)23-20-15-19(29-10-4-9-26-29)7-8-21(20)24-17-25-23;/h2-10,15,17H,11-14,16H2,1H3;1H. The number of piperazine rings is 1. The van der Waals surface area contributed by atoms with E-state index in [4.69, 9.17) is 0 Å². The third kappa shape index (κ3) is 4.85. The summed E-state index contributed by atoms with van der Waals surface area (Å²) in [4.78, 5) is 14.0. The van der Waals surface area contributed by atoms with Crippen molar-refractivity contribution in [1.82, 2.24) is 24.6 Å². The number of anilines is 1. The van der Waals surface area contributed by atoms with E-state index in [1.165, 1.54) is 6.26 Å². The maximum absolute atomic E-state index is 12.1. The first kappa shape index (κ1) is 23.2. The SMILES string of the molecule is CS(=O)(=O)c1ccccc1CN1CCN(c2ncnc3ccc(-n4cccn4)cc23)CC1.Cl. The minimum Gasteiger partial charge on any atom is -0.353 e. The van der Waals surface area contributed by atoms with Crippen molar-refractivity contribution in [2.75, 3.05) is 37.3 Å². The number of benzene rings is 2. The van der Waals surface area contributed by atoms with Crippen molar-refractivity contribution in [2.45, 2.75) is 11.4 Å². The fraction of sp³-hybridized carbons (Fsp3) is 0.261. The lowest BCUT2D eigenvalue weighted by molar-refractivity contribution is 0.247. The van der Waals surface area contributed by atoms with E-state index in [-0.39, 0.29) is 12.4 Å². The van der Waals surface area contributed by atoms with Crippen molar-refractivity contribution >= 4 is 39.0 Å². The molecule has 1 aliphatic rings. The predicted molar refractivity (Wildman–Crippen MR) is 131 cm³/mol. The smallest absolute Gasteiger partial charge is 0.175 e. The van der Waals surface area contributed by atoms with E-state index in [0.29, 0.717) is 11.4 Å². The number of hydrogen-bond donors (Lipinski definition) is 0. The maximum Gasteiger partial charge on any atom is 0.175 e. The van der Waals surface area contributed by atoms with E-state index in [9.17, 15) is 8.42 Å². The highest BCUT2D eigenvalue weighted by molar-refractivity contribution is 7.90. The Labute approximate surface area is 199 Å². The highest BCUT2D eigenvalue weighted by atomic mass is 35.5. The molecule has 1 fully saturated rings. The first-order valence-electron chi connectivity index (χ1n) is 10.5. The Hall–Kier alpha value is -3.01. The molecule has 2 aromatic heterocycles. The zero-order valence-electron chi connectivity index (χ0n) is 18.2. The van der Waals surface area contributed by atoms with Gasteiger partial charge >= 0.3 is 0 Å². The molecule has 2 aromatic carbocycles. The van der Waals surface area contributed by atoms with Gasteiger partial charge in [-0.2, -0.15) is 5.10 Å². The Morgan fingerprint density at radius 2 is 1.76 bits per heavy atom. The molecule has 0 amide bonds. The minimum atomic E-state index is -3.25. The van der Waals surface area contributed by atoms with Crippen LogP contribution in [0.2, 0.25) is 0 Å². The summed E-state index contributed by atoms with van der Waals surface area (Å²) in [6, 6.07) is 15.2. The van der Waals surface area contributed by atoms with Gasteiger partial charge in [0.1, 0.15) is 12.1 Å². The molecular weight excluding hydrogens is 460 g/mol. The van der Waals surface area contributed by atoms with Gasteiger partial charge in [0, 0.05) is 56.8 Å². The van der Waals surface area contributed by atoms with Gasteiger partial charge in [0.15, 0.2) is 9.84 Å². The van der Waals surface area contributed by atoms with Crippen LogP contribution in [0.15, 0.2) is 72.1 Å². The van der Waals surface area contributed by atoms with E-state index >= 15 is 0 Å². The third-order valence-electron chi connectivity index (χ3n) is 5.80. The lowest BCUT2D eigenvalue weighted by atomic mass is 10.1. The van der Waals surface area contributed by atoms with Gasteiger partial charge in [-0.15, -0.1) is 12.4 Å². The Morgan fingerprint density at radius 1 is 0.970 bits per heavy atom. The van der Waals surface area contributed by atoms with Gasteiger partial charge in [0.05, 0.1) is 16.1 Å². The number of halogens is 1. The summed E-state index contributed by atoms with van der Waals surface area (Å²) in [5.74, 6) is 0.917. The summed E-state index contributed by atoms with van der Waals surface area (Å²) < 4.78 is 26.1. The summed E-state index contributed by atoms with van der Waals surface area (Å²) >= 11 is 0. The summed E-state index contributed by atoms with van der Waals surface area (Å²) in [6.45, 7) is 3.87. The lowest BCUT2D eigenvalue weighted by Gasteiger charge is -2.36. The average Bonchev–Trinajstić information content (AvgIpc) is 3.34. The summed E-state index contributed by atoms with van der Waals surface area (Å²) in [5.41, 5.74) is 2.71. The third-order valence-corrected chi connectivity index (χ3v) is 7.00. The number of hydrogen-bond acceptors (Lipinski definition) is 7. The molecule has 0 radical (unpaired) electrons. The molecule has 0 unspecified atom stereocenters. The van der Waals surface area contributed by atoms with E-state index < -0.39 is 9.84 Å². The first-order chi connectivity index (χ1) is 15.5. The Kier molecular flexibility index (Phi) is 6.64. The first-order valence-corrected chi connectivity index (χ1v) is 12.4. The van der Waals surface area contributed by atoms with Crippen LogP contribution in [-0.4, -0.2) is 65.5 Å². The number of aromatic nitrogens is 4. The molecule has 0 bridgehead atoms. The van der Waals surface area contributed by atoms with Crippen LogP contribution in [-0.2, 0) is 16.4 Å². The van der Waals surface area contributed by atoms with Crippen molar-refractivity contribution in [3.05, 3.63) is 72.8 Å². The van der Waals surface area contributed by atoms with Crippen molar-refractivity contribution < 1.29 is 8.42 Å². The second-order valence-corrected chi connectivity index (χ2v) is 9.98. The van der Waals surface area contributed by atoms with Crippen molar-refractivity contribution in [1.29, 1.82) is 0 Å². The summed E-state index contributed by atoms with van der Waals surface area (Å²) in [5, 5.41) is 5.32. The van der Waals surface area contributed by atoms with Crippen LogP contribution in [0.3, 0.4) is 0 Å². The average molecular weight is 485 g/mol. The number of rotatable bonds is 5. The Bertz CT molecular complexity index is 1350. The van der Waals surface area contributed by atoms with E-state index in [0.717, 1.165) is 54.2 Å². The number of nitrogens with zero attached hydrogens (tertiary/aromatic N) is 6. The van der Waals surface area contributed by atoms with Crippen molar-refractivity contribution in [3.8, 4) is 5.69 Å². The zero-order valence-corrected chi connectivity index (χ0v) is 19.8. The molecule has 8 nitrogen and oxygen atoms in total. The molecule has 0 aliphatic carbocycles. The highest BCUT2D eigenvalue weighted by Gasteiger charge is 2.22. The molecule has 1 saturated heterocycles. The molecule has 0 spiro atoms. The van der Waals surface area contributed by atoms with Gasteiger partial charge in [-0.25, -0.2) is 23.1 Å². The predicted octanol–water partition coefficient (Wildman–Crippen LogP) is 2.96.